The summed E-state index contributed by atoms with van der Waals surface area (Å²) in [6, 6.07) is 8.04. The number of hydrogen-bond donors (Lipinski definition) is 2. The number of amides is 1. The highest BCUT2D eigenvalue weighted by molar-refractivity contribution is 7.99. The molecule has 1 unspecified atom stereocenters. The van der Waals surface area contributed by atoms with Crippen molar-refractivity contribution in [1.82, 2.24) is 5.32 Å². The molecule has 0 bridgehead atoms. The second-order valence-electron chi connectivity index (χ2n) is 5.23. The molecular formula is C16H24N2OS. The zero-order chi connectivity index (χ0) is 14.2. The number of piperidine rings is 1. The van der Waals surface area contributed by atoms with Gasteiger partial charge >= 0.3 is 0 Å². The van der Waals surface area contributed by atoms with Crippen LogP contribution in [-0.2, 0) is 4.79 Å². The van der Waals surface area contributed by atoms with Crippen molar-refractivity contribution < 1.29 is 4.79 Å². The SMILES string of the molecule is CCSc1ccccc1NC(=O)CCC1CCCNC1. The number of carbonyl (C=O) groups excluding carboxylic acids is 1. The van der Waals surface area contributed by atoms with Crippen LogP contribution in [0.4, 0.5) is 5.69 Å². The molecule has 20 heavy (non-hydrogen) atoms. The molecule has 4 heteroatoms. The summed E-state index contributed by atoms with van der Waals surface area (Å²) in [6.45, 7) is 4.32. The molecule has 1 aromatic rings. The van der Waals surface area contributed by atoms with Gasteiger partial charge in [0, 0.05) is 11.3 Å². The minimum absolute atomic E-state index is 0.139. The molecule has 0 spiro atoms. The van der Waals surface area contributed by atoms with E-state index in [-0.39, 0.29) is 5.91 Å². The van der Waals surface area contributed by atoms with Gasteiger partial charge in [-0.2, -0.15) is 0 Å². The van der Waals surface area contributed by atoms with E-state index in [1.54, 1.807) is 11.8 Å². The maximum Gasteiger partial charge on any atom is 0.224 e. The van der Waals surface area contributed by atoms with Crippen molar-refractivity contribution in [2.75, 3.05) is 24.2 Å². The average Bonchev–Trinajstić information content (AvgIpc) is 2.49. The molecule has 1 saturated heterocycles. The molecule has 1 aliphatic rings. The van der Waals surface area contributed by atoms with Gasteiger partial charge in [0.1, 0.15) is 0 Å². The summed E-state index contributed by atoms with van der Waals surface area (Å²) >= 11 is 1.77. The Hall–Kier alpha value is -1.00. The molecule has 0 aromatic heterocycles. The van der Waals surface area contributed by atoms with Crippen LogP contribution in [0, 0.1) is 5.92 Å². The third-order valence-electron chi connectivity index (χ3n) is 3.64. The lowest BCUT2D eigenvalue weighted by Crippen LogP contribution is -2.30. The first kappa shape index (κ1) is 15.4. The fraction of sp³-hybridized carbons (Fsp3) is 0.562. The van der Waals surface area contributed by atoms with Gasteiger partial charge in [0.25, 0.3) is 0 Å². The number of thioether (sulfide) groups is 1. The van der Waals surface area contributed by atoms with Crippen LogP contribution in [0.25, 0.3) is 0 Å². The number of hydrogen-bond acceptors (Lipinski definition) is 3. The van der Waals surface area contributed by atoms with Crippen LogP contribution in [-0.4, -0.2) is 24.7 Å². The van der Waals surface area contributed by atoms with Gasteiger partial charge in [0.15, 0.2) is 0 Å². The van der Waals surface area contributed by atoms with Gasteiger partial charge in [0.2, 0.25) is 5.91 Å². The van der Waals surface area contributed by atoms with E-state index in [4.69, 9.17) is 0 Å². The summed E-state index contributed by atoms with van der Waals surface area (Å²) in [5, 5.41) is 6.45. The first-order chi connectivity index (χ1) is 9.79. The number of carbonyl (C=O) groups is 1. The van der Waals surface area contributed by atoms with Crippen LogP contribution >= 0.6 is 11.8 Å². The molecule has 1 atom stereocenters. The second-order valence-corrected chi connectivity index (χ2v) is 6.53. The monoisotopic (exact) mass is 292 g/mol. The predicted molar refractivity (Wildman–Crippen MR) is 86.3 cm³/mol. The topological polar surface area (TPSA) is 41.1 Å². The van der Waals surface area contributed by atoms with Crippen molar-refractivity contribution >= 4 is 23.4 Å². The summed E-state index contributed by atoms with van der Waals surface area (Å²) in [5.74, 6) is 1.81. The zero-order valence-corrected chi connectivity index (χ0v) is 13.0. The molecular weight excluding hydrogens is 268 g/mol. The van der Waals surface area contributed by atoms with Crippen LogP contribution in [0.1, 0.15) is 32.6 Å². The average molecular weight is 292 g/mol. The lowest BCUT2D eigenvalue weighted by atomic mass is 9.94. The second kappa shape index (κ2) is 8.32. The van der Waals surface area contributed by atoms with E-state index >= 15 is 0 Å². The minimum Gasteiger partial charge on any atom is -0.325 e. The number of anilines is 1. The molecule has 3 nitrogen and oxygen atoms in total. The Labute approximate surface area is 125 Å². The van der Waals surface area contributed by atoms with Crippen molar-refractivity contribution in [2.24, 2.45) is 5.92 Å². The molecule has 0 radical (unpaired) electrons. The standard InChI is InChI=1S/C16H24N2OS/c1-2-20-15-8-4-3-7-14(15)18-16(19)10-9-13-6-5-11-17-12-13/h3-4,7-8,13,17H,2,5-6,9-12H2,1H3,(H,18,19). The van der Waals surface area contributed by atoms with Crippen LogP contribution in [0.3, 0.4) is 0 Å². The fourth-order valence-corrected chi connectivity index (χ4v) is 3.33. The molecule has 0 aliphatic carbocycles. The summed E-state index contributed by atoms with van der Waals surface area (Å²) < 4.78 is 0. The highest BCUT2D eigenvalue weighted by Gasteiger charge is 2.15. The van der Waals surface area contributed by atoms with Crippen molar-refractivity contribution in [1.29, 1.82) is 0 Å². The Morgan fingerprint density at radius 1 is 1.45 bits per heavy atom. The predicted octanol–water partition coefficient (Wildman–Crippen LogP) is 3.52. The highest BCUT2D eigenvalue weighted by Crippen LogP contribution is 2.27. The van der Waals surface area contributed by atoms with Gasteiger partial charge in [-0.25, -0.2) is 0 Å². The molecule has 2 rings (SSSR count). The lowest BCUT2D eigenvalue weighted by molar-refractivity contribution is -0.116. The summed E-state index contributed by atoms with van der Waals surface area (Å²) in [7, 11) is 0. The van der Waals surface area contributed by atoms with Crippen LogP contribution in [0.2, 0.25) is 0 Å². The number of benzene rings is 1. The van der Waals surface area contributed by atoms with Crippen molar-refractivity contribution in [3.8, 4) is 0 Å². The van der Waals surface area contributed by atoms with Gasteiger partial charge in [-0.1, -0.05) is 19.1 Å². The molecule has 1 heterocycles. The zero-order valence-electron chi connectivity index (χ0n) is 12.2. The van der Waals surface area contributed by atoms with Gasteiger partial charge in [-0.15, -0.1) is 11.8 Å². The van der Waals surface area contributed by atoms with E-state index in [1.165, 1.54) is 12.8 Å². The maximum absolute atomic E-state index is 12.1. The largest absolute Gasteiger partial charge is 0.325 e. The molecule has 1 amide bonds. The van der Waals surface area contributed by atoms with Crippen LogP contribution < -0.4 is 10.6 Å². The quantitative estimate of drug-likeness (QED) is 0.788. The molecule has 1 fully saturated rings. The maximum atomic E-state index is 12.1. The third kappa shape index (κ3) is 4.84. The number of rotatable bonds is 6. The normalized spacial score (nSPS) is 18.8. The lowest BCUT2D eigenvalue weighted by Gasteiger charge is -2.22. The van der Waals surface area contributed by atoms with E-state index in [1.807, 2.05) is 18.2 Å². The molecule has 0 saturated carbocycles. The Kier molecular flexibility index (Phi) is 6.40. The Bertz CT molecular complexity index is 430. The molecule has 2 N–H and O–H groups in total. The van der Waals surface area contributed by atoms with Crippen molar-refractivity contribution in [2.45, 2.75) is 37.5 Å². The summed E-state index contributed by atoms with van der Waals surface area (Å²) in [5.41, 5.74) is 0.950. The van der Waals surface area contributed by atoms with Gasteiger partial charge in [0.05, 0.1) is 5.69 Å². The summed E-state index contributed by atoms with van der Waals surface area (Å²) in [4.78, 5) is 13.2. The van der Waals surface area contributed by atoms with E-state index in [0.29, 0.717) is 12.3 Å². The van der Waals surface area contributed by atoms with E-state index in [2.05, 4.69) is 23.6 Å². The van der Waals surface area contributed by atoms with E-state index < -0.39 is 0 Å². The summed E-state index contributed by atoms with van der Waals surface area (Å²) in [6.07, 6.45) is 4.10. The van der Waals surface area contributed by atoms with E-state index in [0.717, 1.165) is 35.8 Å². The van der Waals surface area contributed by atoms with Crippen LogP contribution in [0.15, 0.2) is 29.2 Å². The van der Waals surface area contributed by atoms with Crippen molar-refractivity contribution in [3.63, 3.8) is 0 Å². The first-order valence-electron chi connectivity index (χ1n) is 7.52. The van der Waals surface area contributed by atoms with Crippen molar-refractivity contribution in [3.05, 3.63) is 24.3 Å². The van der Waals surface area contributed by atoms with E-state index in [9.17, 15) is 4.79 Å². The van der Waals surface area contributed by atoms with Gasteiger partial charge < -0.3 is 10.6 Å². The van der Waals surface area contributed by atoms with Gasteiger partial charge in [-0.05, 0) is 56.2 Å². The molecule has 110 valence electrons. The smallest absolute Gasteiger partial charge is 0.224 e. The first-order valence-corrected chi connectivity index (χ1v) is 8.50. The number of para-hydroxylation sites is 1. The van der Waals surface area contributed by atoms with Crippen LogP contribution in [0.5, 0.6) is 0 Å². The minimum atomic E-state index is 0.139. The molecule has 1 aromatic carbocycles. The third-order valence-corrected chi connectivity index (χ3v) is 4.60. The van der Waals surface area contributed by atoms with Gasteiger partial charge in [-0.3, -0.25) is 4.79 Å². The molecule has 1 aliphatic heterocycles. The Morgan fingerprint density at radius 3 is 3.05 bits per heavy atom. The fourth-order valence-electron chi connectivity index (χ4n) is 2.57. The highest BCUT2D eigenvalue weighted by atomic mass is 32.2. The Balaban J connectivity index is 1.81. The number of nitrogens with one attached hydrogen (secondary N) is 2. The Morgan fingerprint density at radius 2 is 2.30 bits per heavy atom.